The van der Waals surface area contributed by atoms with Crippen LogP contribution in [0.25, 0.3) is 0 Å². The number of carbonyl (C=O) groups excluding carboxylic acids is 1. The second-order valence-corrected chi connectivity index (χ2v) is 7.74. The summed E-state index contributed by atoms with van der Waals surface area (Å²) < 4.78 is 14.2. The Morgan fingerprint density at radius 3 is 2.78 bits per heavy atom. The Bertz CT molecular complexity index is 611. The van der Waals surface area contributed by atoms with E-state index in [1.807, 2.05) is 17.0 Å². The fourth-order valence-electron chi connectivity index (χ4n) is 4.70. The summed E-state index contributed by atoms with van der Waals surface area (Å²) in [6.45, 7) is 4.98. The van der Waals surface area contributed by atoms with Crippen LogP contribution in [0.5, 0.6) is 0 Å². The summed E-state index contributed by atoms with van der Waals surface area (Å²) in [5.74, 6) is 0.691. The van der Waals surface area contributed by atoms with Crippen LogP contribution in [0.3, 0.4) is 0 Å². The minimum Gasteiger partial charge on any atom is -0.335 e. The van der Waals surface area contributed by atoms with Gasteiger partial charge < -0.3 is 10.2 Å². The van der Waals surface area contributed by atoms with Gasteiger partial charge in [0.2, 0.25) is 5.91 Å². The highest BCUT2D eigenvalue weighted by molar-refractivity contribution is 5.83. The van der Waals surface area contributed by atoms with E-state index in [0.717, 1.165) is 45.3 Å². The monoisotopic (exact) mass is 316 g/mol. The Balaban J connectivity index is 1.55. The molecule has 2 aliphatic heterocycles. The van der Waals surface area contributed by atoms with Crippen molar-refractivity contribution in [3.63, 3.8) is 0 Å². The Kier molecular flexibility index (Phi) is 3.67. The van der Waals surface area contributed by atoms with Gasteiger partial charge in [-0.05, 0) is 56.2 Å². The standard InChI is InChI=1S/C19H25FN2O/c1-13-10-17(14-4-2-3-5-16(14)20)22(12-13)18(23)15-11-19(15)6-8-21-9-7-19/h2-5,13,15,17,21H,6-12H2,1H3/t13-,15+,17-/m1/s1. The van der Waals surface area contributed by atoms with E-state index < -0.39 is 0 Å². The first-order chi connectivity index (χ1) is 11.1. The molecule has 3 nitrogen and oxygen atoms in total. The van der Waals surface area contributed by atoms with Crippen molar-refractivity contribution in [3.05, 3.63) is 35.6 Å². The van der Waals surface area contributed by atoms with E-state index >= 15 is 0 Å². The van der Waals surface area contributed by atoms with Gasteiger partial charge in [0, 0.05) is 18.0 Å². The molecule has 1 spiro atoms. The Morgan fingerprint density at radius 1 is 1.30 bits per heavy atom. The molecule has 23 heavy (non-hydrogen) atoms. The third kappa shape index (κ3) is 2.57. The van der Waals surface area contributed by atoms with Gasteiger partial charge >= 0.3 is 0 Å². The molecule has 0 aromatic heterocycles. The van der Waals surface area contributed by atoms with E-state index in [9.17, 15) is 9.18 Å². The molecule has 0 unspecified atom stereocenters. The van der Waals surface area contributed by atoms with Crippen molar-refractivity contribution in [3.8, 4) is 0 Å². The Morgan fingerprint density at radius 2 is 2.04 bits per heavy atom. The molecule has 4 rings (SSSR count). The molecule has 1 aromatic carbocycles. The molecule has 1 aromatic rings. The molecule has 3 atom stereocenters. The smallest absolute Gasteiger partial charge is 0.226 e. The summed E-state index contributed by atoms with van der Waals surface area (Å²) in [6.07, 6.45) is 4.12. The fourth-order valence-corrected chi connectivity index (χ4v) is 4.70. The largest absolute Gasteiger partial charge is 0.335 e. The van der Waals surface area contributed by atoms with E-state index in [4.69, 9.17) is 0 Å². The normalized spacial score (nSPS) is 32.3. The lowest BCUT2D eigenvalue weighted by molar-refractivity contribution is -0.134. The maximum Gasteiger partial charge on any atom is 0.226 e. The van der Waals surface area contributed by atoms with Crippen LogP contribution >= 0.6 is 0 Å². The molecule has 3 aliphatic rings. The summed E-state index contributed by atoms with van der Waals surface area (Å²) in [4.78, 5) is 15.1. The third-order valence-electron chi connectivity index (χ3n) is 6.14. The molecule has 1 aliphatic carbocycles. The zero-order valence-corrected chi connectivity index (χ0v) is 13.7. The quantitative estimate of drug-likeness (QED) is 0.909. The number of nitrogens with one attached hydrogen (secondary N) is 1. The molecular formula is C19H25FN2O. The average Bonchev–Trinajstić information content (AvgIpc) is 3.09. The number of nitrogens with zero attached hydrogens (tertiary/aromatic N) is 1. The molecule has 1 amide bonds. The van der Waals surface area contributed by atoms with Gasteiger partial charge in [-0.25, -0.2) is 4.39 Å². The number of benzene rings is 1. The maximum absolute atomic E-state index is 14.2. The van der Waals surface area contributed by atoms with Crippen molar-refractivity contribution in [1.82, 2.24) is 10.2 Å². The van der Waals surface area contributed by atoms with Crippen LogP contribution in [0, 0.1) is 23.1 Å². The van der Waals surface area contributed by atoms with Crippen LogP contribution in [-0.4, -0.2) is 30.4 Å². The zero-order valence-electron chi connectivity index (χ0n) is 13.7. The van der Waals surface area contributed by atoms with Gasteiger partial charge in [0.25, 0.3) is 0 Å². The van der Waals surface area contributed by atoms with Gasteiger partial charge in [0.1, 0.15) is 5.82 Å². The first-order valence-electron chi connectivity index (χ1n) is 8.86. The number of hydrogen-bond donors (Lipinski definition) is 1. The molecule has 1 N–H and O–H groups in total. The Hall–Kier alpha value is -1.42. The maximum atomic E-state index is 14.2. The molecule has 2 heterocycles. The van der Waals surface area contributed by atoms with Gasteiger partial charge in [-0.2, -0.15) is 0 Å². The van der Waals surface area contributed by atoms with Crippen LogP contribution < -0.4 is 5.32 Å². The lowest BCUT2D eigenvalue weighted by Gasteiger charge is -2.28. The van der Waals surface area contributed by atoms with Crippen LogP contribution in [0.15, 0.2) is 24.3 Å². The summed E-state index contributed by atoms with van der Waals surface area (Å²) in [5, 5.41) is 3.38. The number of amides is 1. The summed E-state index contributed by atoms with van der Waals surface area (Å²) in [7, 11) is 0. The number of carbonyl (C=O) groups is 1. The first-order valence-corrected chi connectivity index (χ1v) is 8.86. The number of likely N-dealkylation sites (tertiary alicyclic amines) is 1. The molecule has 4 heteroatoms. The molecule has 124 valence electrons. The van der Waals surface area contributed by atoms with Crippen LogP contribution in [0.2, 0.25) is 0 Å². The average molecular weight is 316 g/mol. The summed E-state index contributed by atoms with van der Waals surface area (Å²) >= 11 is 0. The lowest BCUT2D eigenvalue weighted by atomic mass is 9.91. The highest BCUT2D eigenvalue weighted by atomic mass is 19.1. The van der Waals surface area contributed by atoms with Gasteiger partial charge in [-0.15, -0.1) is 0 Å². The van der Waals surface area contributed by atoms with E-state index in [2.05, 4.69) is 12.2 Å². The van der Waals surface area contributed by atoms with E-state index in [-0.39, 0.29) is 29.1 Å². The second-order valence-electron chi connectivity index (χ2n) is 7.74. The van der Waals surface area contributed by atoms with E-state index in [0.29, 0.717) is 11.5 Å². The van der Waals surface area contributed by atoms with Crippen molar-refractivity contribution >= 4 is 5.91 Å². The zero-order chi connectivity index (χ0) is 16.0. The van der Waals surface area contributed by atoms with E-state index in [1.54, 1.807) is 6.07 Å². The van der Waals surface area contributed by atoms with Crippen LogP contribution in [0.4, 0.5) is 4.39 Å². The third-order valence-corrected chi connectivity index (χ3v) is 6.14. The van der Waals surface area contributed by atoms with Crippen molar-refractivity contribution in [2.45, 2.75) is 38.6 Å². The number of piperidine rings is 1. The highest BCUT2D eigenvalue weighted by Crippen LogP contribution is 2.60. The van der Waals surface area contributed by atoms with Gasteiger partial charge in [-0.1, -0.05) is 25.1 Å². The van der Waals surface area contributed by atoms with Gasteiger partial charge in [-0.3, -0.25) is 4.79 Å². The van der Waals surface area contributed by atoms with Crippen molar-refractivity contribution in [2.75, 3.05) is 19.6 Å². The molecule has 2 saturated heterocycles. The van der Waals surface area contributed by atoms with Crippen LogP contribution in [0.1, 0.15) is 44.2 Å². The molecule has 0 bridgehead atoms. The minimum atomic E-state index is -0.184. The first kappa shape index (κ1) is 15.1. The Labute approximate surface area is 137 Å². The fraction of sp³-hybridized carbons (Fsp3) is 0.632. The lowest BCUT2D eigenvalue weighted by Crippen LogP contribution is -2.36. The van der Waals surface area contributed by atoms with Crippen molar-refractivity contribution in [1.29, 1.82) is 0 Å². The molecule has 3 fully saturated rings. The topological polar surface area (TPSA) is 32.3 Å². The minimum absolute atomic E-state index is 0.0851. The van der Waals surface area contributed by atoms with E-state index in [1.165, 1.54) is 6.07 Å². The number of hydrogen-bond acceptors (Lipinski definition) is 2. The van der Waals surface area contributed by atoms with Gasteiger partial charge in [0.05, 0.1) is 6.04 Å². The molecule has 1 saturated carbocycles. The van der Waals surface area contributed by atoms with Crippen molar-refractivity contribution < 1.29 is 9.18 Å². The second kappa shape index (κ2) is 5.59. The predicted octanol–water partition coefficient (Wildman–Crippen LogP) is 3.12. The number of rotatable bonds is 2. The summed E-state index contributed by atoms with van der Waals surface area (Å²) in [6, 6.07) is 6.85. The number of halogens is 1. The molecular weight excluding hydrogens is 291 g/mol. The molecule has 0 radical (unpaired) electrons. The van der Waals surface area contributed by atoms with Crippen LogP contribution in [-0.2, 0) is 4.79 Å². The highest BCUT2D eigenvalue weighted by Gasteiger charge is 2.59. The summed E-state index contributed by atoms with van der Waals surface area (Å²) in [5.41, 5.74) is 0.929. The predicted molar refractivity (Wildman–Crippen MR) is 87.3 cm³/mol. The SMILES string of the molecule is C[C@@H]1C[C@H](c2ccccc2F)N(C(=O)[C@@H]2CC23CCNCC3)C1. The van der Waals surface area contributed by atoms with Gasteiger partial charge in [0.15, 0.2) is 0 Å². The van der Waals surface area contributed by atoms with Crippen molar-refractivity contribution in [2.24, 2.45) is 17.3 Å².